The van der Waals surface area contributed by atoms with Gasteiger partial charge in [0.2, 0.25) is 6.10 Å². The van der Waals surface area contributed by atoms with Crippen LogP contribution in [0.2, 0.25) is 0 Å². The summed E-state index contributed by atoms with van der Waals surface area (Å²) in [5.74, 6) is -1.16. The second-order valence-electron chi connectivity index (χ2n) is 5.13. The van der Waals surface area contributed by atoms with Gasteiger partial charge in [0.05, 0.1) is 11.4 Å². The zero-order valence-electron chi connectivity index (χ0n) is 12.9. The lowest BCUT2D eigenvalue weighted by Gasteiger charge is -2.11. The average Bonchev–Trinajstić information content (AvgIpc) is 3.13. The third-order valence-electron chi connectivity index (χ3n) is 3.38. The molecular formula is C16H14FN5O3. The van der Waals surface area contributed by atoms with Gasteiger partial charge in [-0.2, -0.15) is 0 Å². The van der Waals surface area contributed by atoms with Gasteiger partial charge in [0.25, 0.3) is 5.91 Å². The quantitative estimate of drug-likeness (QED) is 0.736. The Balaban J connectivity index is 1.47. The van der Waals surface area contributed by atoms with Gasteiger partial charge in [0, 0.05) is 24.4 Å². The third-order valence-corrected chi connectivity index (χ3v) is 3.38. The van der Waals surface area contributed by atoms with Crippen LogP contribution in [0.3, 0.4) is 0 Å². The summed E-state index contributed by atoms with van der Waals surface area (Å²) in [6, 6.07) is 8.43. The van der Waals surface area contributed by atoms with E-state index in [9.17, 15) is 14.0 Å². The Morgan fingerprint density at radius 3 is 2.76 bits per heavy atom. The molecule has 2 aromatic rings. The maximum absolute atomic E-state index is 13.4. The van der Waals surface area contributed by atoms with E-state index in [1.807, 2.05) is 0 Å². The summed E-state index contributed by atoms with van der Waals surface area (Å²) in [7, 11) is 0. The van der Waals surface area contributed by atoms with E-state index in [1.165, 1.54) is 18.2 Å². The highest BCUT2D eigenvalue weighted by Gasteiger charge is 2.29. The predicted octanol–water partition coefficient (Wildman–Crippen LogP) is 1.57. The number of anilines is 1. The summed E-state index contributed by atoms with van der Waals surface area (Å²) in [4.78, 5) is 32.7. The summed E-state index contributed by atoms with van der Waals surface area (Å²) < 4.78 is 13.4. The van der Waals surface area contributed by atoms with Crippen LogP contribution in [0.15, 0.2) is 53.9 Å². The van der Waals surface area contributed by atoms with Crippen molar-refractivity contribution in [2.75, 3.05) is 5.32 Å². The highest BCUT2D eigenvalue weighted by atomic mass is 19.1. The number of amides is 3. The number of aromatic nitrogens is 1. The Kier molecular flexibility index (Phi) is 4.84. The fourth-order valence-corrected chi connectivity index (χ4v) is 2.14. The molecule has 1 aliphatic rings. The highest BCUT2D eigenvalue weighted by Crippen LogP contribution is 2.16. The molecule has 0 aliphatic carbocycles. The number of benzene rings is 1. The molecule has 8 nitrogen and oxygen atoms in total. The largest absolute Gasteiger partial charge is 0.382 e. The van der Waals surface area contributed by atoms with E-state index in [-0.39, 0.29) is 12.1 Å². The second-order valence-corrected chi connectivity index (χ2v) is 5.13. The Labute approximate surface area is 142 Å². The van der Waals surface area contributed by atoms with Crippen LogP contribution in [0.5, 0.6) is 0 Å². The summed E-state index contributed by atoms with van der Waals surface area (Å²) in [6.45, 7) is 0. The lowest BCUT2D eigenvalue weighted by atomic mass is 10.1. The molecule has 0 radical (unpaired) electrons. The Morgan fingerprint density at radius 2 is 2.00 bits per heavy atom. The van der Waals surface area contributed by atoms with Crippen molar-refractivity contribution in [3.8, 4) is 0 Å². The standard InChI is InChI=1S/C16H14FN5O3/c17-11-5-1-2-6-12(11)19-16(24)21-20-15(23)14-8-13(22-25-14)10-4-3-7-18-9-10/h1-7,9,14H,8H2,(H,20,23)(H2,19,21,24)/t14-/m1/s1. The fourth-order valence-electron chi connectivity index (χ4n) is 2.14. The summed E-state index contributed by atoms with van der Waals surface area (Å²) in [5, 5.41) is 6.13. The Bertz CT molecular complexity index is 812. The number of carbonyl (C=O) groups is 2. The molecule has 0 saturated carbocycles. The van der Waals surface area contributed by atoms with E-state index in [2.05, 4.69) is 26.3 Å². The maximum atomic E-state index is 13.4. The SMILES string of the molecule is O=C(NNC(=O)[C@H]1CC(c2cccnc2)=NO1)Nc1ccccc1F. The number of nitrogens with one attached hydrogen (secondary N) is 3. The molecule has 1 aliphatic heterocycles. The number of carbonyl (C=O) groups excluding carboxylic acids is 2. The van der Waals surface area contributed by atoms with Gasteiger partial charge in [0.15, 0.2) is 0 Å². The van der Waals surface area contributed by atoms with Crippen LogP contribution in [0, 0.1) is 5.82 Å². The van der Waals surface area contributed by atoms with Crippen molar-refractivity contribution >= 4 is 23.3 Å². The molecule has 3 N–H and O–H groups in total. The zero-order valence-corrected chi connectivity index (χ0v) is 12.9. The van der Waals surface area contributed by atoms with Crippen molar-refractivity contribution in [3.05, 3.63) is 60.2 Å². The second kappa shape index (κ2) is 7.39. The highest BCUT2D eigenvalue weighted by molar-refractivity contribution is 6.04. The van der Waals surface area contributed by atoms with E-state index < -0.39 is 23.9 Å². The molecule has 1 atom stereocenters. The molecular weight excluding hydrogens is 329 g/mol. The van der Waals surface area contributed by atoms with Crippen LogP contribution in [0.4, 0.5) is 14.9 Å². The first-order valence-corrected chi connectivity index (χ1v) is 7.38. The first-order valence-electron chi connectivity index (χ1n) is 7.38. The number of hydrazine groups is 1. The van der Waals surface area contributed by atoms with Gasteiger partial charge in [-0.05, 0) is 24.3 Å². The van der Waals surface area contributed by atoms with E-state index in [0.29, 0.717) is 5.71 Å². The van der Waals surface area contributed by atoms with Crippen LogP contribution in [-0.4, -0.2) is 28.7 Å². The molecule has 0 saturated heterocycles. The van der Waals surface area contributed by atoms with Crippen molar-refractivity contribution in [3.63, 3.8) is 0 Å². The van der Waals surface area contributed by atoms with Crippen molar-refractivity contribution in [1.82, 2.24) is 15.8 Å². The van der Waals surface area contributed by atoms with Gasteiger partial charge >= 0.3 is 6.03 Å². The number of pyridine rings is 1. The Hall–Kier alpha value is -3.49. The zero-order chi connectivity index (χ0) is 17.6. The van der Waals surface area contributed by atoms with E-state index >= 15 is 0 Å². The number of hydrogen-bond acceptors (Lipinski definition) is 5. The van der Waals surface area contributed by atoms with Crippen molar-refractivity contribution in [2.24, 2.45) is 5.16 Å². The minimum atomic E-state index is -0.871. The molecule has 3 amide bonds. The molecule has 0 fully saturated rings. The van der Waals surface area contributed by atoms with Gasteiger partial charge in [0.1, 0.15) is 5.82 Å². The number of halogens is 1. The molecule has 0 bridgehead atoms. The van der Waals surface area contributed by atoms with Gasteiger partial charge in [-0.3, -0.25) is 15.2 Å². The van der Waals surface area contributed by atoms with Crippen molar-refractivity contribution < 1.29 is 18.8 Å². The van der Waals surface area contributed by atoms with Crippen LogP contribution in [-0.2, 0) is 9.63 Å². The van der Waals surface area contributed by atoms with Crippen molar-refractivity contribution in [1.29, 1.82) is 0 Å². The lowest BCUT2D eigenvalue weighted by Crippen LogP contribution is -2.48. The third kappa shape index (κ3) is 4.08. The predicted molar refractivity (Wildman–Crippen MR) is 87.0 cm³/mol. The van der Waals surface area contributed by atoms with Crippen LogP contribution >= 0.6 is 0 Å². The van der Waals surface area contributed by atoms with E-state index in [4.69, 9.17) is 4.84 Å². The normalized spacial score (nSPS) is 15.7. The number of rotatable bonds is 3. The van der Waals surface area contributed by atoms with Crippen LogP contribution in [0.25, 0.3) is 0 Å². The van der Waals surface area contributed by atoms with Gasteiger partial charge < -0.3 is 10.2 Å². The number of nitrogens with zero attached hydrogens (tertiary/aromatic N) is 2. The number of para-hydroxylation sites is 1. The van der Waals surface area contributed by atoms with E-state index in [1.54, 1.807) is 30.6 Å². The number of urea groups is 1. The van der Waals surface area contributed by atoms with Gasteiger partial charge in [-0.25, -0.2) is 14.6 Å². The lowest BCUT2D eigenvalue weighted by molar-refractivity contribution is -0.131. The molecule has 1 aromatic carbocycles. The fraction of sp³-hybridized carbons (Fsp3) is 0.125. The van der Waals surface area contributed by atoms with Crippen LogP contribution < -0.4 is 16.2 Å². The molecule has 9 heteroatoms. The monoisotopic (exact) mass is 343 g/mol. The molecule has 128 valence electrons. The Morgan fingerprint density at radius 1 is 1.16 bits per heavy atom. The van der Waals surface area contributed by atoms with Crippen molar-refractivity contribution in [2.45, 2.75) is 12.5 Å². The molecule has 3 rings (SSSR count). The van der Waals surface area contributed by atoms with E-state index in [0.717, 1.165) is 5.56 Å². The molecule has 25 heavy (non-hydrogen) atoms. The number of oxime groups is 1. The first kappa shape index (κ1) is 16.4. The number of hydrogen-bond donors (Lipinski definition) is 3. The minimum absolute atomic E-state index is 0.00596. The minimum Gasteiger partial charge on any atom is -0.382 e. The first-order chi connectivity index (χ1) is 12.1. The summed E-state index contributed by atoms with van der Waals surface area (Å²) >= 11 is 0. The molecule has 0 unspecified atom stereocenters. The smallest absolute Gasteiger partial charge is 0.338 e. The molecule has 1 aromatic heterocycles. The summed E-state index contributed by atoms with van der Waals surface area (Å²) in [5.41, 5.74) is 5.66. The maximum Gasteiger partial charge on any atom is 0.338 e. The molecule has 0 spiro atoms. The topological polar surface area (TPSA) is 105 Å². The molecule has 2 heterocycles. The van der Waals surface area contributed by atoms with Gasteiger partial charge in [-0.15, -0.1) is 0 Å². The van der Waals surface area contributed by atoms with Gasteiger partial charge in [-0.1, -0.05) is 17.3 Å². The summed E-state index contributed by atoms with van der Waals surface area (Å²) in [6.07, 6.45) is 2.61. The average molecular weight is 343 g/mol. The van der Waals surface area contributed by atoms with Crippen LogP contribution in [0.1, 0.15) is 12.0 Å².